The topological polar surface area (TPSA) is 0 Å². The van der Waals surface area contributed by atoms with Gasteiger partial charge < -0.3 is 0 Å². The first-order valence-corrected chi connectivity index (χ1v) is 6.14. The summed E-state index contributed by atoms with van der Waals surface area (Å²) in [6.45, 7) is 19.0. The zero-order valence-electron chi connectivity index (χ0n) is 11.6. The Bertz CT molecular complexity index is 134. The highest BCUT2D eigenvalue weighted by atomic mass is 14.4. The van der Waals surface area contributed by atoms with Crippen LogP contribution in [0.2, 0.25) is 0 Å². The second-order valence-electron chi connectivity index (χ2n) is 6.76. The summed E-state index contributed by atoms with van der Waals surface area (Å²) < 4.78 is 0. The van der Waals surface area contributed by atoms with Gasteiger partial charge in [-0.15, -0.1) is 0 Å². The number of hydrogen-bond donors (Lipinski definition) is 0. The Morgan fingerprint density at radius 2 is 0.857 bits per heavy atom. The summed E-state index contributed by atoms with van der Waals surface area (Å²) in [7, 11) is 0. The molecule has 0 aliphatic carbocycles. The van der Waals surface area contributed by atoms with E-state index in [-0.39, 0.29) is 0 Å². The molecule has 86 valence electrons. The van der Waals surface area contributed by atoms with Crippen molar-refractivity contribution in [1.29, 1.82) is 0 Å². The van der Waals surface area contributed by atoms with Crippen LogP contribution in [0.1, 0.15) is 68.2 Å². The average Bonchev–Trinajstić information content (AvgIpc) is 1.94. The first-order valence-electron chi connectivity index (χ1n) is 6.14. The van der Waals surface area contributed by atoms with Gasteiger partial charge in [0.15, 0.2) is 0 Å². The van der Waals surface area contributed by atoms with Crippen LogP contribution in [0.4, 0.5) is 0 Å². The Balaban J connectivity index is 4.81. The zero-order chi connectivity index (χ0) is 11.6. The molecule has 2 unspecified atom stereocenters. The molecule has 0 aliphatic heterocycles. The smallest absolute Gasteiger partial charge is 0.0335 e. The molecule has 0 fully saturated rings. The van der Waals surface area contributed by atoms with Crippen molar-refractivity contribution in [3.05, 3.63) is 0 Å². The summed E-state index contributed by atoms with van der Waals surface area (Å²) in [5.74, 6) is 1.68. The summed E-state index contributed by atoms with van der Waals surface area (Å²) in [5.41, 5.74) is 0.894. The predicted octanol–water partition coefficient (Wildman–Crippen LogP) is 5.13. The molecule has 0 saturated carbocycles. The SMILES string of the molecule is CCC(C(CC)C(C)(C)C)C(C)(C)C. The molecule has 0 radical (unpaired) electrons. The maximum absolute atomic E-state index is 2.38. The van der Waals surface area contributed by atoms with Crippen molar-refractivity contribution < 1.29 is 0 Å². The Hall–Kier alpha value is 0. The van der Waals surface area contributed by atoms with Crippen LogP contribution < -0.4 is 0 Å². The lowest BCUT2D eigenvalue weighted by Gasteiger charge is -2.43. The second-order valence-corrected chi connectivity index (χ2v) is 6.76. The van der Waals surface area contributed by atoms with E-state index in [1.807, 2.05) is 0 Å². The van der Waals surface area contributed by atoms with Gasteiger partial charge in [0, 0.05) is 0 Å². The molecular weight excluding hydrogens is 168 g/mol. The molecular formula is C14H30. The maximum Gasteiger partial charge on any atom is -0.0335 e. The molecule has 0 saturated heterocycles. The molecule has 0 spiro atoms. The van der Waals surface area contributed by atoms with Gasteiger partial charge in [-0.05, 0) is 22.7 Å². The highest BCUT2D eigenvalue weighted by Gasteiger charge is 2.36. The fourth-order valence-corrected chi connectivity index (χ4v) is 3.00. The normalized spacial score (nSPS) is 18.0. The molecule has 14 heavy (non-hydrogen) atoms. The van der Waals surface area contributed by atoms with Crippen LogP contribution in [0.15, 0.2) is 0 Å². The third-order valence-electron chi connectivity index (χ3n) is 3.59. The minimum Gasteiger partial charge on any atom is -0.0651 e. The molecule has 0 heteroatoms. The maximum atomic E-state index is 2.38. The molecule has 0 nitrogen and oxygen atoms in total. The summed E-state index contributed by atoms with van der Waals surface area (Å²) in [6, 6.07) is 0. The Morgan fingerprint density at radius 1 is 0.643 bits per heavy atom. The molecule has 0 bridgehead atoms. The Labute approximate surface area is 91.5 Å². The fourth-order valence-electron chi connectivity index (χ4n) is 3.00. The van der Waals surface area contributed by atoms with Crippen molar-refractivity contribution in [2.24, 2.45) is 22.7 Å². The van der Waals surface area contributed by atoms with Crippen LogP contribution in [-0.2, 0) is 0 Å². The average molecular weight is 198 g/mol. The molecule has 0 aliphatic rings. The van der Waals surface area contributed by atoms with E-state index < -0.39 is 0 Å². The Morgan fingerprint density at radius 3 is 0.929 bits per heavy atom. The molecule has 0 aromatic rings. The highest BCUT2D eigenvalue weighted by Crippen LogP contribution is 2.44. The minimum atomic E-state index is 0.447. The van der Waals surface area contributed by atoms with Crippen LogP contribution in [0.5, 0.6) is 0 Å². The van der Waals surface area contributed by atoms with Crippen LogP contribution in [0.3, 0.4) is 0 Å². The van der Waals surface area contributed by atoms with Gasteiger partial charge in [0.2, 0.25) is 0 Å². The lowest BCUT2D eigenvalue weighted by atomic mass is 9.62. The summed E-state index contributed by atoms with van der Waals surface area (Å²) in [5, 5.41) is 0. The summed E-state index contributed by atoms with van der Waals surface area (Å²) >= 11 is 0. The second kappa shape index (κ2) is 4.68. The van der Waals surface area contributed by atoms with Crippen molar-refractivity contribution in [2.45, 2.75) is 68.2 Å². The first kappa shape index (κ1) is 14.0. The van der Waals surface area contributed by atoms with Gasteiger partial charge in [-0.1, -0.05) is 68.2 Å². The standard InChI is InChI=1S/C14H30/c1-9-11(13(3,4)5)12(10-2)14(6,7)8/h11-12H,9-10H2,1-8H3. The van der Waals surface area contributed by atoms with Gasteiger partial charge in [0.25, 0.3) is 0 Å². The van der Waals surface area contributed by atoms with Crippen molar-refractivity contribution in [3.63, 3.8) is 0 Å². The van der Waals surface area contributed by atoms with E-state index in [1.54, 1.807) is 0 Å². The van der Waals surface area contributed by atoms with E-state index in [0.29, 0.717) is 10.8 Å². The monoisotopic (exact) mass is 198 g/mol. The van der Waals surface area contributed by atoms with Gasteiger partial charge in [-0.3, -0.25) is 0 Å². The quantitative estimate of drug-likeness (QED) is 0.589. The number of hydrogen-bond acceptors (Lipinski definition) is 0. The minimum absolute atomic E-state index is 0.447. The van der Waals surface area contributed by atoms with Crippen molar-refractivity contribution >= 4 is 0 Å². The van der Waals surface area contributed by atoms with Gasteiger partial charge in [0.05, 0.1) is 0 Å². The first-order chi connectivity index (χ1) is 6.14. The van der Waals surface area contributed by atoms with Crippen molar-refractivity contribution in [1.82, 2.24) is 0 Å². The largest absolute Gasteiger partial charge is 0.0651 e. The van der Waals surface area contributed by atoms with E-state index >= 15 is 0 Å². The van der Waals surface area contributed by atoms with Gasteiger partial charge in [-0.2, -0.15) is 0 Å². The van der Waals surface area contributed by atoms with E-state index in [1.165, 1.54) is 12.8 Å². The van der Waals surface area contributed by atoms with Crippen LogP contribution >= 0.6 is 0 Å². The van der Waals surface area contributed by atoms with Crippen molar-refractivity contribution in [3.8, 4) is 0 Å². The molecule has 0 aromatic carbocycles. The number of rotatable bonds is 3. The van der Waals surface area contributed by atoms with Gasteiger partial charge in [-0.25, -0.2) is 0 Å². The lowest BCUT2D eigenvalue weighted by Crippen LogP contribution is -2.35. The third-order valence-corrected chi connectivity index (χ3v) is 3.59. The van der Waals surface area contributed by atoms with Crippen molar-refractivity contribution in [2.75, 3.05) is 0 Å². The Kier molecular flexibility index (Phi) is 4.68. The van der Waals surface area contributed by atoms with E-state index in [9.17, 15) is 0 Å². The van der Waals surface area contributed by atoms with Gasteiger partial charge in [0.1, 0.15) is 0 Å². The van der Waals surface area contributed by atoms with Crippen LogP contribution in [-0.4, -0.2) is 0 Å². The molecule has 0 heterocycles. The summed E-state index contributed by atoms with van der Waals surface area (Å²) in [6.07, 6.45) is 2.61. The van der Waals surface area contributed by atoms with Crippen LogP contribution in [0, 0.1) is 22.7 Å². The van der Waals surface area contributed by atoms with Crippen LogP contribution in [0.25, 0.3) is 0 Å². The fraction of sp³-hybridized carbons (Fsp3) is 1.00. The summed E-state index contributed by atoms with van der Waals surface area (Å²) in [4.78, 5) is 0. The lowest BCUT2D eigenvalue weighted by molar-refractivity contribution is 0.0646. The molecule has 0 rings (SSSR count). The van der Waals surface area contributed by atoms with E-state index in [2.05, 4.69) is 55.4 Å². The molecule has 2 atom stereocenters. The predicted molar refractivity (Wildman–Crippen MR) is 66.5 cm³/mol. The molecule has 0 amide bonds. The highest BCUT2D eigenvalue weighted by molar-refractivity contribution is 4.85. The van der Waals surface area contributed by atoms with Gasteiger partial charge >= 0.3 is 0 Å². The molecule has 0 N–H and O–H groups in total. The zero-order valence-corrected chi connectivity index (χ0v) is 11.6. The molecule has 0 aromatic heterocycles. The third kappa shape index (κ3) is 3.63. The van der Waals surface area contributed by atoms with E-state index in [4.69, 9.17) is 0 Å². The van der Waals surface area contributed by atoms with E-state index in [0.717, 1.165) is 11.8 Å².